The van der Waals surface area contributed by atoms with Gasteiger partial charge in [-0.1, -0.05) is 42.0 Å². The third-order valence-corrected chi connectivity index (χ3v) is 3.09. The third kappa shape index (κ3) is 2.36. The Bertz CT molecular complexity index is 497. The van der Waals surface area contributed by atoms with Crippen LogP contribution in [0.3, 0.4) is 0 Å². The van der Waals surface area contributed by atoms with E-state index in [9.17, 15) is 9.18 Å². The van der Waals surface area contributed by atoms with Crippen LogP contribution in [0.4, 0.5) is 4.39 Å². The Balaban J connectivity index is 2.37. The average Bonchev–Trinajstić information content (AvgIpc) is 2.28. The van der Waals surface area contributed by atoms with Gasteiger partial charge < -0.3 is 0 Å². The van der Waals surface area contributed by atoms with Crippen LogP contribution in [0.5, 0.6) is 0 Å². The highest BCUT2D eigenvalue weighted by Crippen LogP contribution is 2.33. The first-order valence-corrected chi connectivity index (χ1v) is 5.65. The molecule has 1 aromatic rings. The van der Waals surface area contributed by atoms with Gasteiger partial charge in [-0.05, 0) is 25.5 Å². The van der Waals surface area contributed by atoms with Crippen molar-refractivity contribution in [3.8, 4) is 0 Å². The van der Waals surface area contributed by atoms with Crippen LogP contribution in [-0.4, -0.2) is 12.0 Å². The van der Waals surface area contributed by atoms with E-state index in [0.717, 1.165) is 11.1 Å². The molecular weight excluding hydrogens is 215 g/mol. The molecule has 2 atom stereocenters. The van der Waals surface area contributed by atoms with Crippen molar-refractivity contribution in [1.29, 1.82) is 0 Å². The van der Waals surface area contributed by atoms with Crippen molar-refractivity contribution in [3.05, 3.63) is 59.2 Å². The Hall–Kier alpha value is -1.70. The summed E-state index contributed by atoms with van der Waals surface area (Å²) in [7, 11) is 0. The van der Waals surface area contributed by atoms with E-state index >= 15 is 0 Å². The minimum absolute atomic E-state index is 0.0149. The molecule has 0 heterocycles. The molecule has 0 amide bonds. The zero-order chi connectivity index (χ0) is 12.5. The SMILES string of the molecule is Cc1cccc(C2C=CC(C)(F)C(C=O)=C2)c1. The Morgan fingerprint density at radius 1 is 1.41 bits per heavy atom. The molecular formula is C15H15FO. The van der Waals surface area contributed by atoms with Crippen LogP contribution in [0.15, 0.2) is 48.1 Å². The highest BCUT2D eigenvalue weighted by Gasteiger charge is 2.29. The van der Waals surface area contributed by atoms with E-state index in [1.54, 1.807) is 6.08 Å². The van der Waals surface area contributed by atoms with Gasteiger partial charge in [0, 0.05) is 11.5 Å². The van der Waals surface area contributed by atoms with Gasteiger partial charge in [0.2, 0.25) is 0 Å². The van der Waals surface area contributed by atoms with Crippen LogP contribution in [0.1, 0.15) is 24.0 Å². The summed E-state index contributed by atoms with van der Waals surface area (Å²) in [4.78, 5) is 10.9. The maximum atomic E-state index is 13.9. The summed E-state index contributed by atoms with van der Waals surface area (Å²) >= 11 is 0. The Kier molecular flexibility index (Phi) is 2.97. The summed E-state index contributed by atoms with van der Waals surface area (Å²) in [6.07, 6.45) is 5.57. The monoisotopic (exact) mass is 230 g/mol. The predicted molar refractivity (Wildman–Crippen MR) is 66.7 cm³/mol. The van der Waals surface area contributed by atoms with E-state index in [0.29, 0.717) is 6.29 Å². The molecule has 0 aromatic heterocycles. The summed E-state index contributed by atoms with van der Waals surface area (Å²) in [6.45, 7) is 3.41. The smallest absolute Gasteiger partial charge is 0.154 e. The fourth-order valence-corrected chi connectivity index (χ4v) is 2.03. The van der Waals surface area contributed by atoms with Crippen molar-refractivity contribution in [2.75, 3.05) is 0 Å². The average molecular weight is 230 g/mol. The number of rotatable bonds is 2. The molecule has 1 aliphatic rings. The number of benzene rings is 1. The number of allylic oxidation sites excluding steroid dienone is 4. The van der Waals surface area contributed by atoms with Gasteiger partial charge in [0.15, 0.2) is 5.67 Å². The van der Waals surface area contributed by atoms with Crippen molar-refractivity contribution in [2.24, 2.45) is 0 Å². The van der Waals surface area contributed by atoms with Crippen molar-refractivity contribution in [2.45, 2.75) is 25.4 Å². The van der Waals surface area contributed by atoms with Crippen molar-refractivity contribution < 1.29 is 9.18 Å². The summed E-state index contributed by atoms with van der Waals surface area (Å²) < 4.78 is 13.9. The maximum Gasteiger partial charge on any atom is 0.154 e. The van der Waals surface area contributed by atoms with Gasteiger partial charge in [0.1, 0.15) is 6.29 Å². The van der Waals surface area contributed by atoms with Gasteiger partial charge >= 0.3 is 0 Å². The molecule has 88 valence electrons. The fourth-order valence-electron chi connectivity index (χ4n) is 2.03. The van der Waals surface area contributed by atoms with Gasteiger partial charge in [0.25, 0.3) is 0 Å². The third-order valence-electron chi connectivity index (χ3n) is 3.09. The molecule has 0 N–H and O–H groups in total. The Morgan fingerprint density at radius 2 is 2.18 bits per heavy atom. The topological polar surface area (TPSA) is 17.1 Å². The lowest BCUT2D eigenvalue weighted by Gasteiger charge is -2.23. The maximum absolute atomic E-state index is 13.9. The van der Waals surface area contributed by atoms with Gasteiger partial charge in [-0.15, -0.1) is 0 Å². The molecule has 1 nitrogen and oxygen atoms in total. The fraction of sp³-hybridized carbons (Fsp3) is 0.267. The van der Waals surface area contributed by atoms with Gasteiger partial charge in [-0.3, -0.25) is 4.79 Å². The van der Waals surface area contributed by atoms with Crippen LogP contribution in [0, 0.1) is 6.92 Å². The number of aldehydes is 1. The summed E-state index contributed by atoms with van der Waals surface area (Å²) in [6, 6.07) is 8.02. The van der Waals surface area contributed by atoms with Crippen LogP contribution < -0.4 is 0 Å². The molecule has 2 rings (SSSR count). The van der Waals surface area contributed by atoms with Crippen LogP contribution in [-0.2, 0) is 4.79 Å². The highest BCUT2D eigenvalue weighted by molar-refractivity contribution is 5.78. The lowest BCUT2D eigenvalue weighted by molar-refractivity contribution is -0.105. The number of alkyl halides is 1. The summed E-state index contributed by atoms with van der Waals surface area (Å²) in [5.41, 5.74) is 0.801. The minimum atomic E-state index is -1.64. The van der Waals surface area contributed by atoms with Crippen molar-refractivity contribution >= 4 is 6.29 Å². The van der Waals surface area contributed by atoms with Crippen LogP contribution in [0.25, 0.3) is 0 Å². The largest absolute Gasteiger partial charge is 0.298 e. The van der Waals surface area contributed by atoms with E-state index < -0.39 is 5.67 Å². The van der Waals surface area contributed by atoms with E-state index in [2.05, 4.69) is 6.07 Å². The lowest BCUT2D eigenvalue weighted by Crippen LogP contribution is -2.22. The van der Waals surface area contributed by atoms with Crippen molar-refractivity contribution in [1.82, 2.24) is 0 Å². The molecule has 0 saturated heterocycles. The number of hydrogen-bond acceptors (Lipinski definition) is 1. The number of carbonyl (C=O) groups is 1. The summed E-state index contributed by atoms with van der Waals surface area (Å²) in [5.74, 6) is -0.0149. The number of aryl methyl sites for hydroxylation is 1. The van der Waals surface area contributed by atoms with Crippen LogP contribution >= 0.6 is 0 Å². The molecule has 17 heavy (non-hydrogen) atoms. The van der Waals surface area contributed by atoms with E-state index in [4.69, 9.17) is 0 Å². The molecule has 0 fully saturated rings. The Morgan fingerprint density at radius 3 is 2.82 bits per heavy atom. The second-order valence-corrected chi connectivity index (χ2v) is 4.61. The molecule has 1 aromatic carbocycles. The first-order chi connectivity index (χ1) is 8.03. The molecule has 0 radical (unpaired) electrons. The first-order valence-electron chi connectivity index (χ1n) is 5.65. The molecule has 0 bridgehead atoms. The zero-order valence-corrected chi connectivity index (χ0v) is 9.98. The van der Waals surface area contributed by atoms with E-state index in [1.165, 1.54) is 13.0 Å². The van der Waals surface area contributed by atoms with E-state index in [-0.39, 0.29) is 11.5 Å². The second kappa shape index (κ2) is 4.28. The predicted octanol–water partition coefficient (Wildman–Crippen LogP) is 3.50. The quantitative estimate of drug-likeness (QED) is 0.561. The number of carbonyl (C=O) groups excluding carboxylic acids is 1. The molecule has 2 heteroatoms. The number of halogens is 1. The normalized spacial score (nSPS) is 27.7. The van der Waals surface area contributed by atoms with Gasteiger partial charge in [-0.2, -0.15) is 0 Å². The summed E-state index contributed by atoms with van der Waals surface area (Å²) in [5, 5.41) is 0. The minimum Gasteiger partial charge on any atom is -0.298 e. The van der Waals surface area contributed by atoms with Crippen molar-refractivity contribution in [3.63, 3.8) is 0 Å². The molecule has 1 aliphatic carbocycles. The zero-order valence-electron chi connectivity index (χ0n) is 9.98. The first kappa shape index (κ1) is 11.8. The van der Waals surface area contributed by atoms with Gasteiger partial charge in [0.05, 0.1) is 0 Å². The Labute approximate surface area is 101 Å². The van der Waals surface area contributed by atoms with E-state index in [1.807, 2.05) is 31.2 Å². The van der Waals surface area contributed by atoms with Crippen LogP contribution in [0.2, 0.25) is 0 Å². The molecule has 0 spiro atoms. The highest BCUT2D eigenvalue weighted by atomic mass is 19.1. The lowest BCUT2D eigenvalue weighted by atomic mass is 9.84. The standard InChI is InChI=1S/C15H15FO/c1-11-4-3-5-12(8-11)13-6-7-15(2,16)14(9-13)10-17/h3-10,13H,1-2H3. The van der Waals surface area contributed by atoms with Gasteiger partial charge in [-0.25, -0.2) is 4.39 Å². The molecule has 0 aliphatic heterocycles. The second-order valence-electron chi connectivity index (χ2n) is 4.61. The molecule has 2 unspecified atom stereocenters. The number of hydrogen-bond donors (Lipinski definition) is 0. The molecule has 0 saturated carbocycles.